The Hall–Kier alpha value is -1.42. The lowest BCUT2D eigenvalue weighted by atomic mass is 10.1. The topological polar surface area (TPSA) is 32.3 Å². The summed E-state index contributed by atoms with van der Waals surface area (Å²) in [4.78, 5) is 13.5. The number of halogens is 1. The number of nitrogens with zero attached hydrogens (tertiary/aromatic N) is 1. The van der Waals surface area contributed by atoms with E-state index in [4.69, 9.17) is 0 Å². The van der Waals surface area contributed by atoms with E-state index in [1.54, 1.807) is 13.0 Å². The maximum atomic E-state index is 13.4. The third-order valence-electron chi connectivity index (χ3n) is 2.21. The Bertz CT molecular complexity index is 377. The van der Waals surface area contributed by atoms with Gasteiger partial charge < -0.3 is 10.2 Å². The number of benzene rings is 1. The standard InChI is InChI=1S/C12H17FN2O/c1-9-4-5-10(11(13)8-9)12(16)14-6-7-15(2)3/h4-5,8H,6-7H2,1-3H3,(H,14,16). The van der Waals surface area contributed by atoms with Gasteiger partial charge >= 0.3 is 0 Å². The van der Waals surface area contributed by atoms with Crippen LogP contribution in [0.2, 0.25) is 0 Å². The van der Waals surface area contributed by atoms with Gasteiger partial charge in [-0.15, -0.1) is 0 Å². The van der Waals surface area contributed by atoms with Crippen LogP contribution in [-0.2, 0) is 0 Å². The average molecular weight is 224 g/mol. The van der Waals surface area contributed by atoms with E-state index in [9.17, 15) is 9.18 Å². The highest BCUT2D eigenvalue weighted by Gasteiger charge is 2.10. The molecule has 0 spiro atoms. The smallest absolute Gasteiger partial charge is 0.254 e. The Morgan fingerprint density at radius 3 is 2.69 bits per heavy atom. The van der Waals surface area contributed by atoms with Gasteiger partial charge in [-0.3, -0.25) is 4.79 Å². The van der Waals surface area contributed by atoms with Crippen LogP contribution in [0.15, 0.2) is 18.2 Å². The molecule has 1 rings (SSSR count). The fraction of sp³-hybridized carbons (Fsp3) is 0.417. The van der Waals surface area contributed by atoms with Gasteiger partial charge in [-0.2, -0.15) is 0 Å². The quantitative estimate of drug-likeness (QED) is 0.839. The number of carbonyl (C=O) groups excluding carboxylic acids is 1. The fourth-order valence-electron chi connectivity index (χ4n) is 1.29. The zero-order valence-corrected chi connectivity index (χ0v) is 9.88. The molecule has 0 radical (unpaired) electrons. The maximum absolute atomic E-state index is 13.4. The molecule has 4 heteroatoms. The van der Waals surface area contributed by atoms with E-state index >= 15 is 0 Å². The van der Waals surface area contributed by atoms with Crippen LogP contribution in [0.3, 0.4) is 0 Å². The molecule has 0 bridgehead atoms. The molecule has 0 aliphatic rings. The van der Waals surface area contributed by atoms with E-state index in [-0.39, 0.29) is 11.5 Å². The van der Waals surface area contributed by atoms with Crippen molar-refractivity contribution in [3.8, 4) is 0 Å². The SMILES string of the molecule is Cc1ccc(C(=O)NCCN(C)C)c(F)c1. The van der Waals surface area contributed by atoms with Gasteiger partial charge in [0.15, 0.2) is 0 Å². The summed E-state index contributed by atoms with van der Waals surface area (Å²) < 4.78 is 13.4. The second kappa shape index (κ2) is 5.61. The summed E-state index contributed by atoms with van der Waals surface area (Å²) >= 11 is 0. The first-order valence-corrected chi connectivity index (χ1v) is 5.20. The largest absolute Gasteiger partial charge is 0.351 e. The highest BCUT2D eigenvalue weighted by atomic mass is 19.1. The van der Waals surface area contributed by atoms with Crippen molar-refractivity contribution in [1.82, 2.24) is 10.2 Å². The molecule has 0 saturated carbocycles. The Kier molecular flexibility index (Phi) is 4.43. The van der Waals surface area contributed by atoms with E-state index in [0.717, 1.165) is 12.1 Å². The lowest BCUT2D eigenvalue weighted by Crippen LogP contribution is -2.31. The summed E-state index contributed by atoms with van der Waals surface area (Å²) in [5, 5.41) is 2.67. The van der Waals surface area contributed by atoms with Gasteiger partial charge in [0, 0.05) is 13.1 Å². The predicted molar refractivity (Wildman–Crippen MR) is 62.0 cm³/mol. The predicted octanol–water partition coefficient (Wildman–Crippen LogP) is 1.43. The molecule has 3 nitrogen and oxygen atoms in total. The first kappa shape index (κ1) is 12.6. The number of hydrogen-bond donors (Lipinski definition) is 1. The van der Waals surface area contributed by atoms with Gasteiger partial charge in [0.1, 0.15) is 5.82 Å². The Balaban J connectivity index is 2.59. The van der Waals surface area contributed by atoms with Crippen LogP contribution in [0, 0.1) is 12.7 Å². The Labute approximate surface area is 95.3 Å². The molecular formula is C12H17FN2O. The van der Waals surface area contributed by atoms with Crippen LogP contribution < -0.4 is 5.32 Å². The van der Waals surface area contributed by atoms with Crippen molar-refractivity contribution in [3.05, 3.63) is 35.1 Å². The van der Waals surface area contributed by atoms with Crippen molar-refractivity contribution in [2.24, 2.45) is 0 Å². The van der Waals surface area contributed by atoms with Gasteiger partial charge in [0.25, 0.3) is 5.91 Å². The summed E-state index contributed by atoms with van der Waals surface area (Å²) in [5.74, 6) is -0.832. The zero-order chi connectivity index (χ0) is 12.1. The van der Waals surface area contributed by atoms with Crippen molar-refractivity contribution >= 4 is 5.91 Å². The van der Waals surface area contributed by atoms with Gasteiger partial charge in [-0.1, -0.05) is 6.07 Å². The van der Waals surface area contributed by atoms with Crippen molar-refractivity contribution in [2.75, 3.05) is 27.2 Å². The summed E-state index contributed by atoms with van der Waals surface area (Å²) in [7, 11) is 3.83. The molecule has 16 heavy (non-hydrogen) atoms. The first-order chi connectivity index (χ1) is 7.50. The minimum Gasteiger partial charge on any atom is -0.351 e. The average Bonchev–Trinajstić information content (AvgIpc) is 2.16. The number of nitrogens with one attached hydrogen (secondary N) is 1. The van der Waals surface area contributed by atoms with Crippen molar-refractivity contribution in [3.63, 3.8) is 0 Å². The minimum atomic E-state index is -0.470. The Morgan fingerprint density at radius 2 is 2.12 bits per heavy atom. The highest BCUT2D eigenvalue weighted by molar-refractivity contribution is 5.94. The van der Waals surface area contributed by atoms with Crippen molar-refractivity contribution in [2.45, 2.75) is 6.92 Å². The van der Waals surface area contributed by atoms with Crippen LogP contribution in [0.5, 0.6) is 0 Å². The molecule has 1 aromatic carbocycles. The third kappa shape index (κ3) is 3.62. The van der Waals surface area contributed by atoms with Crippen molar-refractivity contribution in [1.29, 1.82) is 0 Å². The number of hydrogen-bond acceptors (Lipinski definition) is 2. The van der Waals surface area contributed by atoms with Crippen LogP contribution in [0.4, 0.5) is 4.39 Å². The minimum absolute atomic E-state index is 0.101. The normalized spacial score (nSPS) is 10.6. The second-order valence-corrected chi connectivity index (χ2v) is 4.04. The molecule has 0 fully saturated rings. The summed E-state index contributed by atoms with van der Waals surface area (Å²) in [5.41, 5.74) is 0.909. The van der Waals surface area contributed by atoms with E-state index in [0.29, 0.717) is 6.54 Å². The molecule has 0 atom stereocenters. The lowest BCUT2D eigenvalue weighted by Gasteiger charge is -2.10. The Morgan fingerprint density at radius 1 is 1.44 bits per heavy atom. The third-order valence-corrected chi connectivity index (χ3v) is 2.21. The molecule has 1 amide bonds. The maximum Gasteiger partial charge on any atom is 0.254 e. The molecule has 0 unspecified atom stereocenters. The van der Waals surface area contributed by atoms with Gasteiger partial charge in [0.05, 0.1) is 5.56 Å². The molecular weight excluding hydrogens is 207 g/mol. The number of rotatable bonds is 4. The van der Waals surface area contributed by atoms with E-state index in [1.807, 2.05) is 19.0 Å². The second-order valence-electron chi connectivity index (χ2n) is 4.04. The molecule has 0 saturated heterocycles. The zero-order valence-electron chi connectivity index (χ0n) is 9.88. The van der Waals surface area contributed by atoms with Crippen LogP contribution in [0.25, 0.3) is 0 Å². The molecule has 88 valence electrons. The van der Waals surface area contributed by atoms with Gasteiger partial charge in [0.2, 0.25) is 0 Å². The van der Waals surface area contributed by atoms with E-state index in [1.165, 1.54) is 12.1 Å². The fourth-order valence-corrected chi connectivity index (χ4v) is 1.29. The van der Waals surface area contributed by atoms with Crippen LogP contribution in [-0.4, -0.2) is 38.0 Å². The van der Waals surface area contributed by atoms with E-state index in [2.05, 4.69) is 5.32 Å². The molecule has 0 aliphatic heterocycles. The van der Waals surface area contributed by atoms with Crippen molar-refractivity contribution < 1.29 is 9.18 Å². The van der Waals surface area contributed by atoms with Crippen LogP contribution >= 0.6 is 0 Å². The summed E-state index contributed by atoms with van der Waals surface area (Å²) in [6.45, 7) is 3.04. The number of likely N-dealkylation sites (N-methyl/N-ethyl adjacent to an activating group) is 1. The lowest BCUT2D eigenvalue weighted by molar-refractivity contribution is 0.0947. The first-order valence-electron chi connectivity index (χ1n) is 5.20. The summed E-state index contributed by atoms with van der Waals surface area (Å²) in [6, 6.07) is 4.60. The molecule has 1 aromatic rings. The summed E-state index contributed by atoms with van der Waals surface area (Å²) in [6.07, 6.45) is 0. The van der Waals surface area contributed by atoms with E-state index < -0.39 is 5.82 Å². The molecule has 0 heterocycles. The highest BCUT2D eigenvalue weighted by Crippen LogP contribution is 2.09. The van der Waals surface area contributed by atoms with Gasteiger partial charge in [-0.25, -0.2) is 4.39 Å². The van der Waals surface area contributed by atoms with Crippen LogP contribution in [0.1, 0.15) is 15.9 Å². The van der Waals surface area contributed by atoms with Gasteiger partial charge in [-0.05, 0) is 38.7 Å². The number of amides is 1. The number of aryl methyl sites for hydroxylation is 1. The monoisotopic (exact) mass is 224 g/mol. The molecule has 1 N–H and O–H groups in total. The number of carbonyl (C=O) groups is 1. The molecule has 0 aromatic heterocycles. The molecule has 0 aliphatic carbocycles.